The van der Waals surface area contributed by atoms with Gasteiger partial charge in [-0.2, -0.15) is 0 Å². The van der Waals surface area contributed by atoms with Gasteiger partial charge in [-0.05, 0) is 63.2 Å². The van der Waals surface area contributed by atoms with E-state index in [0.29, 0.717) is 32.0 Å². The average Bonchev–Trinajstić information content (AvgIpc) is 2.94. The average molecular weight is 464 g/mol. The summed E-state index contributed by atoms with van der Waals surface area (Å²) >= 11 is 12.8. The van der Waals surface area contributed by atoms with Crippen LogP contribution in [0.5, 0.6) is 0 Å². The molecule has 0 spiro atoms. The van der Waals surface area contributed by atoms with Crippen molar-refractivity contribution in [3.05, 3.63) is 62.1 Å². The molecule has 0 saturated heterocycles. The Morgan fingerprint density at radius 3 is 2.70 bits per heavy atom. The number of amides is 1. The number of hydrogen-bond acceptors (Lipinski definition) is 5. The summed E-state index contributed by atoms with van der Waals surface area (Å²) in [7, 11) is 0. The van der Waals surface area contributed by atoms with Crippen molar-refractivity contribution in [2.45, 2.75) is 33.7 Å². The molecule has 3 N–H and O–H groups in total. The molecule has 0 bridgehead atoms. The summed E-state index contributed by atoms with van der Waals surface area (Å²) in [4.78, 5) is 26.7. The summed E-state index contributed by atoms with van der Waals surface area (Å²) in [6.07, 6.45) is 0. The van der Waals surface area contributed by atoms with E-state index in [1.165, 1.54) is 11.3 Å². The Bertz CT molecular complexity index is 1060. The van der Waals surface area contributed by atoms with Crippen molar-refractivity contribution in [1.29, 1.82) is 0 Å². The summed E-state index contributed by atoms with van der Waals surface area (Å²) in [5.74, 6) is -0.792. The number of benzene rings is 1. The monoisotopic (exact) mass is 463 g/mol. The van der Waals surface area contributed by atoms with Crippen molar-refractivity contribution < 1.29 is 14.3 Å². The minimum absolute atomic E-state index is 0.257. The fraction of sp³-hybridized carbons (Fsp3) is 0.286. The van der Waals surface area contributed by atoms with E-state index in [-0.39, 0.29) is 12.5 Å². The predicted octanol–water partition coefficient (Wildman–Crippen LogP) is 4.63. The molecule has 1 aliphatic heterocycles. The molecule has 1 atom stereocenters. The number of rotatable bonds is 5. The summed E-state index contributed by atoms with van der Waals surface area (Å²) in [5.41, 5.74) is 3.08. The van der Waals surface area contributed by atoms with Crippen LogP contribution in [-0.4, -0.2) is 23.6 Å². The molecule has 0 fully saturated rings. The molecule has 1 aromatic heterocycles. The van der Waals surface area contributed by atoms with Gasteiger partial charge in [-0.1, -0.05) is 23.7 Å². The quantitative estimate of drug-likeness (QED) is 0.443. The lowest BCUT2D eigenvalue weighted by molar-refractivity contribution is -0.113. The Kier molecular flexibility index (Phi) is 6.80. The van der Waals surface area contributed by atoms with Gasteiger partial charge in [0.15, 0.2) is 5.11 Å². The number of carbonyl (C=O) groups excluding carboxylic acids is 2. The van der Waals surface area contributed by atoms with E-state index in [0.717, 1.165) is 16.0 Å². The number of thiocarbonyl (C=S) groups is 1. The first kappa shape index (κ1) is 22.3. The van der Waals surface area contributed by atoms with Crippen molar-refractivity contribution >= 4 is 57.1 Å². The van der Waals surface area contributed by atoms with Gasteiger partial charge >= 0.3 is 5.97 Å². The fourth-order valence-electron chi connectivity index (χ4n) is 3.27. The predicted molar refractivity (Wildman–Crippen MR) is 124 cm³/mol. The smallest absolute Gasteiger partial charge is 0.341 e. The Balaban J connectivity index is 1.99. The maximum absolute atomic E-state index is 13.3. The maximum atomic E-state index is 13.3. The van der Waals surface area contributed by atoms with Gasteiger partial charge in [-0.15, -0.1) is 11.3 Å². The van der Waals surface area contributed by atoms with Crippen LogP contribution >= 0.6 is 35.2 Å². The van der Waals surface area contributed by atoms with Crippen molar-refractivity contribution in [3.63, 3.8) is 0 Å². The highest BCUT2D eigenvalue weighted by atomic mass is 35.5. The van der Waals surface area contributed by atoms with Crippen LogP contribution in [0.4, 0.5) is 5.00 Å². The van der Waals surface area contributed by atoms with Gasteiger partial charge in [0.1, 0.15) is 5.00 Å². The molecular formula is C21H22ClN3O3S2. The van der Waals surface area contributed by atoms with Crippen LogP contribution in [-0.2, 0) is 9.53 Å². The first-order chi connectivity index (χ1) is 14.2. The number of anilines is 1. The molecular weight excluding hydrogens is 442 g/mol. The summed E-state index contributed by atoms with van der Waals surface area (Å²) in [5, 5.41) is 10.5. The van der Waals surface area contributed by atoms with E-state index < -0.39 is 12.0 Å². The highest BCUT2D eigenvalue weighted by Gasteiger charge is 2.31. The van der Waals surface area contributed by atoms with Crippen molar-refractivity contribution in [2.24, 2.45) is 0 Å². The first-order valence-corrected chi connectivity index (χ1v) is 10.9. The van der Waals surface area contributed by atoms with Gasteiger partial charge in [-0.25, -0.2) is 4.79 Å². The highest BCUT2D eigenvalue weighted by Crippen LogP contribution is 2.35. The van der Waals surface area contributed by atoms with Gasteiger partial charge in [-0.3, -0.25) is 4.79 Å². The SMILES string of the molecule is CCOC(=O)c1c(NC(=O)C2=C(C)NC(=S)NC2c2cccc(Cl)c2)sc(C)c1C. The van der Waals surface area contributed by atoms with Gasteiger partial charge in [0.25, 0.3) is 5.91 Å². The van der Waals surface area contributed by atoms with Gasteiger partial charge < -0.3 is 20.7 Å². The standard InChI is InChI=1S/C21H22ClN3O3S2/c1-5-28-20(27)15-10(2)12(4)30-19(15)25-18(26)16-11(3)23-21(29)24-17(16)13-7-6-8-14(22)9-13/h6-9,17H,5H2,1-4H3,(H,25,26)(H2,23,24,29). The second-order valence-electron chi connectivity index (χ2n) is 6.79. The highest BCUT2D eigenvalue weighted by molar-refractivity contribution is 7.80. The second kappa shape index (κ2) is 9.16. The number of ether oxygens (including phenoxy) is 1. The Hall–Kier alpha value is -2.42. The van der Waals surface area contributed by atoms with Crippen LogP contribution in [0.25, 0.3) is 0 Å². The zero-order valence-electron chi connectivity index (χ0n) is 17.0. The molecule has 0 radical (unpaired) electrons. The van der Waals surface area contributed by atoms with Crippen LogP contribution in [0.3, 0.4) is 0 Å². The van der Waals surface area contributed by atoms with Gasteiger partial charge in [0, 0.05) is 15.6 Å². The molecule has 2 aromatic rings. The van der Waals surface area contributed by atoms with E-state index in [9.17, 15) is 9.59 Å². The minimum Gasteiger partial charge on any atom is -0.462 e. The molecule has 9 heteroatoms. The maximum Gasteiger partial charge on any atom is 0.341 e. The number of esters is 1. The lowest BCUT2D eigenvalue weighted by Crippen LogP contribution is -2.45. The molecule has 3 rings (SSSR count). The van der Waals surface area contributed by atoms with E-state index in [1.807, 2.05) is 26.0 Å². The van der Waals surface area contributed by atoms with Gasteiger partial charge in [0.05, 0.1) is 23.8 Å². The third kappa shape index (κ3) is 4.50. The molecule has 30 heavy (non-hydrogen) atoms. The molecule has 1 amide bonds. The zero-order valence-corrected chi connectivity index (χ0v) is 19.4. The van der Waals surface area contributed by atoms with Gasteiger partial charge in [0.2, 0.25) is 0 Å². The second-order valence-corrected chi connectivity index (χ2v) is 8.86. The molecule has 1 unspecified atom stereocenters. The molecule has 158 valence electrons. The number of nitrogens with one attached hydrogen (secondary N) is 3. The fourth-order valence-corrected chi connectivity index (χ4v) is 4.78. The topological polar surface area (TPSA) is 79.5 Å². The number of hydrogen-bond donors (Lipinski definition) is 3. The largest absolute Gasteiger partial charge is 0.462 e. The van der Waals surface area contributed by atoms with Crippen molar-refractivity contribution in [1.82, 2.24) is 10.6 Å². The van der Waals surface area contributed by atoms with Crippen LogP contribution in [0.1, 0.15) is 46.3 Å². The summed E-state index contributed by atoms with van der Waals surface area (Å²) < 4.78 is 5.18. The molecule has 6 nitrogen and oxygen atoms in total. The Morgan fingerprint density at radius 2 is 2.03 bits per heavy atom. The molecule has 0 saturated carbocycles. The van der Waals surface area contributed by atoms with E-state index in [4.69, 9.17) is 28.6 Å². The number of carbonyl (C=O) groups is 2. The van der Waals surface area contributed by atoms with Crippen LogP contribution < -0.4 is 16.0 Å². The summed E-state index contributed by atoms with van der Waals surface area (Å²) in [6.45, 7) is 7.54. The van der Waals surface area contributed by atoms with Crippen molar-refractivity contribution in [2.75, 3.05) is 11.9 Å². The molecule has 1 aromatic carbocycles. The number of allylic oxidation sites excluding steroid dienone is 1. The molecule has 2 heterocycles. The Morgan fingerprint density at radius 1 is 1.30 bits per heavy atom. The first-order valence-electron chi connectivity index (χ1n) is 9.35. The third-order valence-corrected chi connectivity index (χ3v) is 6.37. The lowest BCUT2D eigenvalue weighted by Gasteiger charge is -2.30. The number of aryl methyl sites for hydroxylation is 1. The van der Waals surface area contributed by atoms with Crippen LogP contribution in [0, 0.1) is 13.8 Å². The van der Waals surface area contributed by atoms with E-state index in [2.05, 4.69) is 16.0 Å². The van der Waals surface area contributed by atoms with E-state index in [1.54, 1.807) is 26.0 Å². The van der Waals surface area contributed by atoms with Crippen LogP contribution in [0.15, 0.2) is 35.5 Å². The lowest BCUT2D eigenvalue weighted by atomic mass is 9.95. The molecule has 1 aliphatic rings. The zero-order chi connectivity index (χ0) is 22.0. The number of halogens is 1. The number of thiophene rings is 1. The minimum atomic E-state index is -0.481. The third-order valence-electron chi connectivity index (χ3n) is 4.79. The van der Waals surface area contributed by atoms with Crippen LogP contribution in [0.2, 0.25) is 5.02 Å². The Labute approximate surface area is 189 Å². The molecule has 0 aliphatic carbocycles. The normalized spacial score (nSPS) is 16.0. The summed E-state index contributed by atoms with van der Waals surface area (Å²) in [6, 6.07) is 6.77. The van der Waals surface area contributed by atoms with E-state index >= 15 is 0 Å². The van der Waals surface area contributed by atoms with Crippen molar-refractivity contribution in [3.8, 4) is 0 Å².